The Morgan fingerprint density at radius 1 is 0.825 bits per heavy atom. The number of benzene rings is 3. The third-order valence-corrected chi connectivity index (χ3v) is 7.04. The summed E-state index contributed by atoms with van der Waals surface area (Å²) in [6.07, 6.45) is 3.14. The summed E-state index contributed by atoms with van der Waals surface area (Å²) in [4.78, 5) is 29.5. The summed E-state index contributed by atoms with van der Waals surface area (Å²) in [5.74, 6) is 1.59. The molecule has 4 aromatic rings. The Labute approximate surface area is 234 Å². The average Bonchev–Trinajstić information content (AvgIpc) is 3.25. The number of nitrogens with zero attached hydrogens (tertiary/aromatic N) is 1. The number of anilines is 1. The van der Waals surface area contributed by atoms with Crippen molar-refractivity contribution in [3.8, 4) is 17.2 Å². The van der Waals surface area contributed by atoms with E-state index >= 15 is 0 Å². The highest BCUT2D eigenvalue weighted by atomic mass is 16.5. The van der Waals surface area contributed by atoms with E-state index in [9.17, 15) is 9.59 Å². The van der Waals surface area contributed by atoms with E-state index in [0.717, 1.165) is 30.4 Å². The van der Waals surface area contributed by atoms with Gasteiger partial charge in [0, 0.05) is 5.69 Å². The largest absolute Gasteiger partial charge is 0.494 e. The van der Waals surface area contributed by atoms with Crippen molar-refractivity contribution >= 4 is 22.6 Å². The van der Waals surface area contributed by atoms with Crippen LogP contribution < -0.4 is 24.5 Å². The Hall–Kier alpha value is -4.26. The van der Waals surface area contributed by atoms with Crippen LogP contribution in [0.2, 0.25) is 0 Å². The highest BCUT2D eigenvalue weighted by Crippen LogP contribution is 2.43. The molecule has 7 heteroatoms. The summed E-state index contributed by atoms with van der Waals surface area (Å²) < 4.78 is 23.7. The van der Waals surface area contributed by atoms with Gasteiger partial charge in [-0.1, -0.05) is 37.5 Å². The van der Waals surface area contributed by atoms with Gasteiger partial charge in [-0.15, -0.1) is 0 Å². The average molecular weight is 542 g/mol. The van der Waals surface area contributed by atoms with Crippen molar-refractivity contribution in [3.05, 3.63) is 93.3 Å². The third-order valence-electron chi connectivity index (χ3n) is 7.04. The Bertz CT molecular complexity index is 1570. The number of amides is 1. The smallest absolute Gasteiger partial charge is 0.295 e. The zero-order valence-electron chi connectivity index (χ0n) is 23.5. The first-order chi connectivity index (χ1) is 19.5. The molecule has 1 amide bonds. The summed E-state index contributed by atoms with van der Waals surface area (Å²) in [7, 11) is 0. The molecule has 40 heavy (non-hydrogen) atoms. The van der Waals surface area contributed by atoms with Crippen molar-refractivity contribution in [2.45, 2.75) is 53.0 Å². The summed E-state index contributed by atoms with van der Waals surface area (Å²) in [6.45, 7) is 9.48. The summed E-state index contributed by atoms with van der Waals surface area (Å²) in [5, 5.41) is 0.450. The maximum absolute atomic E-state index is 14.0. The second kappa shape index (κ2) is 11.9. The minimum atomic E-state index is -0.713. The van der Waals surface area contributed by atoms with Gasteiger partial charge >= 0.3 is 0 Å². The number of unbranched alkanes of at least 4 members (excludes halogenated alkanes) is 2. The molecule has 5 rings (SSSR count). The van der Waals surface area contributed by atoms with Crippen LogP contribution in [0.15, 0.2) is 69.9 Å². The van der Waals surface area contributed by atoms with Crippen LogP contribution in [-0.2, 0) is 0 Å². The standard InChI is InChI=1S/C33H35NO6/c1-5-8-9-18-39-27-17-11-22(20-28(27)38-7-3)30-29-31(35)25-19-21(4)10-16-26(25)40-32(29)33(36)34(30)23-12-14-24(15-13-23)37-6-2/h10-17,19-20,30H,5-9,18H2,1-4H3. The number of carbonyl (C=O) groups is 1. The van der Waals surface area contributed by atoms with Gasteiger partial charge in [-0.3, -0.25) is 14.5 Å². The van der Waals surface area contributed by atoms with Gasteiger partial charge in [0.05, 0.1) is 36.8 Å². The minimum Gasteiger partial charge on any atom is -0.494 e. The molecule has 0 N–H and O–H groups in total. The summed E-state index contributed by atoms with van der Waals surface area (Å²) >= 11 is 0. The maximum Gasteiger partial charge on any atom is 0.295 e. The first kappa shape index (κ1) is 27.3. The predicted molar refractivity (Wildman–Crippen MR) is 156 cm³/mol. The van der Waals surface area contributed by atoms with E-state index < -0.39 is 6.04 Å². The van der Waals surface area contributed by atoms with E-state index in [1.54, 1.807) is 17.0 Å². The minimum absolute atomic E-state index is 0.0538. The summed E-state index contributed by atoms with van der Waals surface area (Å²) in [5.41, 5.74) is 2.78. The highest BCUT2D eigenvalue weighted by molar-refractivity contribution is 6.10. The molecule has 0 fully saturated rings. The fraction of sp³-hybridized carbons (Fsp3) is 0.333. The van der Waals surface area contributed by atoms with Crippen LogP contribution in [-0.4, -0.2) is 25.7 Å². The first-order valence-electron chi connectivity index (χ1n) is 14.0. The van der Waals surface area contributed by atoms with Crippen molar-refractivity contribution in [2.75, 3.05) is 24.7 Å². The lowest BCUT2D eigenvalue weighted by Crippen LogP contribution is -2.29. The van der Waals surface area contributed by atoms with Crippen molar-refractivity contribution in [1.82, 2.24) is 0 Å². The normalized spacial score (nSPS) is 14.4. The van der Waals surface area contributed by atoms with E-state index in [0.29, 0.717) is 59.3 Å². The third kappa shape index (κ3) is 5.16. The highest BCUT2D eigenvalue weighted by Gasteiger charge is 2.44. The van der Waals surface area contributed by atoms with Crippen LogP contribution in [0.25, 0.3) is 11.0 Å². The number of ether oxygens (including phenoxy) is 3. The Kier molecular flexibility index (Phi) is 8.10. The number of fused-ring (bicyclic) bond motifs is 2. The second-order valence-corrected chi connectivity index (χ2v) is 9.87. The molecule has 1 atom stereocenters. The van der Waals surface area contributed by atoms with E-state index in [1.807, 2.05) is 69.3 Å². The molecule has 7 nitrogen and oxygen atoms in total. The number of carbonyl (C=O) groups excluding carboxylic acids is 1. The van der Waals surface area contributed by atoms with Gasteiger partial charge in [0.15, 0.2) is 16.9 Å². The van der Waals surface area contributed by atoms with Crippen molar-refractivity contribution < 1.29 is 23.4 Å². The number of hydrogen-bond donors (Lipinski definition) is 0. The van der Waals surface area contributed by atoms with E-state index in [4.69, 9.17) is 18.6 Å². The molecular formula is C33H35NO6. The predicted octanol–water partition coefficient (Wildman–Crippen LogP) is 7.22. The first-order valence-corrected chi connectivity index (χ1v) is 14.0. The Morgan fingerprint density at radius 2 is 1.60 bits per heavy atom. The molecule has 1 aromatic heterocycles. The van der Waals surface area contributed by atoms with Crippen LogP contribution >= 0.6 is 0 Å². The van der Waals surface area contributed by atoms with Crippen molar-refractivity contribution in [2.24, 2.45) is 0 Å². The summed E-state index contributed by atoms with van der Waals surface area (Å²) in [6, 6.07) is 17.6. The lowest BCUT2D eigenvalue weighted by atomic mass is 9.97. The van der Waals surface area contributed by atoms with Gasteiger partial charge in [-0.05, 0) is 81.3 Å². The zero-order valence-corrected chi connectivity index (χ0v) is 23.5. The molecule has 0 aliphatic carbocycles. The Balaban J connectivity index is 1.66. The molecule has 1 unspecified atom stereocenters. The molecule has 2 heterocycles. The number of hydrogen-bond acceptors (Lipinski definition) is 6. The van der Waals surface area contributed by atoms with Crippen LogP contribution in [0, 0.1) is 6.92 Å². The van der Waals surface area contributed by atoms with Gasteiger partial charge in [0.1, 0.15) is 11.3 Å². The fourth-order valence-corrected chi connectivity index (χ4v) is 5.15. The monoisotopic (exact) mass is 541 g/mol. The second-order valence-electron chi connectivity index (χ2n) is 9.87. The zero-order chi connectivity index (χ0) is 28.2. The van der Waals surface area contributed by atoms with Crippen LogP contribution in [0.3, 0.4) is 0 Å². The maximum atomic E-state index is 14.0. The molecule has 1 aliphatic rings. The van der Waals surface area contributed by atoms with Gasteiger partial charge in [-0.25, -0.2) is 0 Å². The number of rotatable bonds is 11. The van der Waals surface area contributed by atoms with Crippen LogP contribution in [0.1, 0.15) is 73.3 Å². The van der Waals surface area contributed by atoms with E-state index in [1.165, 1.54) is 0 Å². The quantitative estimate of drug-likeness (QED) is 0.187. The van der Waals surface area contributed by atoms with E-state index in [2.05, 4.69) is 6.92 Å². The molecule has 0 saturated heterocycles. The van der Waals surface area contributed by atoms with Crippen LogP contribution in [0.4, 0.5) is 5.69 Å². The van der Waals surface area contributed by atoms with Crippen molar-refractivity contribution in [1.29, 1.82) is 0 Å². The molecule has 0 saturated carbocycles. The fourth-order valence-electron chi connectivity index (χ4n) is 5.15. The molecule has 3 aromatic carbocycles. The lowest BCUT2D eigenvalue weighted by molar-refractivity contribution is 0.0971. The number of aryl methyl sites for hydroxylation is 1. The molecule has 0 radical (unpaired) electrons. The van der Waals surface area contributed by atoms with Crippen LogP contribution in [0.5, 0.6) is 17.2 Å². The molecule has 0 spiro atoms. The molecule has 0 bridgehead atoms. The van der Waals surface area contributed by atoms with Gasteiger partial charge in [0.2, 0.25) is 5.76 Å². The lowest BCUT2D eigenvalue weighted by Gasteiger charge is -2.26. The van der Waals surface area contributed by atoms with Gasteiger partial charge in [0.25, 0.3) is 5.91 Å². The van der Waals surface area contributed by atoms with Gasteiger partial charge < -0.3 is 18.6 Å². The molecular weight excluding hydrogens is 506 g/mol. The van der Waals surface area contributed by atoms with Gasteiger partial charge in [-0.2, -0.15) is 0 Å². The van der Waals surface area contributed by atoms with E-state index in [-0.39, 0.29) is 17.1 Å². The topological polar surface area (TPSA) is 78.2 Å². The van der Waals surface area contributed by atoms with Crippen molar-refractivity contribution in [3.63, 3.8) is 0 Å². The molecule has 208 valence electrons. The molecule has 1 aliphatic heterocycles. The Morgan fingerprint density at radius 3 is 2.33 bits per heavy atom. The SMILES string of the molecule is CCCCCOc1ccc(C2c3c(oc4ccc(C)cc4c3=O)C(=O)N2c2ccc(OCC)cc2)cc1OCC.